The summed E-state index contributed by atoms with van der Waals surface area (Å²) in [5.41, 5.74) is 0.414. The molecule has 0 aliphatic carbocycles. The van der Waals surface area contributed by atoms with Crippen LogP contribution in [-0.2, 0) is 9.84 Å². The number of furan rings is 1. The molecule has 0 bridgehead atoms. The van der Waals surface area contributed by atoms with Gasteiger partial charge in [-0.15, -0.1) is 0 Å². The van der Waals surface area contributed by atoms with E-state index in [9.17, 15) is 18.0 Å². The molecule has 8 nitrogen and oxygen atoms in total. The fraction of sp³-hybridized carbons (Fsp3) is 0.0909. The number of para-hydroxylation sites is 1. The Hall–Kier alpha value is -3.27. The molecule has 11 heteroatoms. The quantitative estimate of drug-likeness (QED) is 0.296. The van der Waals surface area contributed by atoms with E-state index in [0.29, 0.717) is 21.6 Å². The Labute approximate surface area is 198 Å². The fourth-order valence-corrected chi connectivity index (χ4v) is 4.03. The van der Waals surface area contributed by atoms with Crippen molar-refractivity contribution in [1.29, 1.82) is 0 Å². The van der Waals surface area contributed by atoms with Crippen LogP contribution >= 0.6 is 23.2 Å². The summed E-state index contributed by atoms with van der Waals surface area (Å²) in [6.07, 6.45) is 1.04. The highest BCUT2D eigenvalue weighted by Gasteiger charge is 2.26. The summed E-state index contributed by atoms with van der Waals surface area (Å²) in [6, 6.07) is 12.9. The van der Waals surface area contributed by atoms with Crippen LogP contribution in [0.1, 0.15) is 33.5 Å². The highest BCUT2D eigenvalue weighted by Crippen LogP contribution is 2.33. The molecule has 1 amide bonds. The number of hydrogen-bond donors (Lipinski definition) is 1. The first-order valence-electron chi connectivity index (χ1n) is 9.59. The van der Waals surface area contributed by atoms with Gasteiger partial charge in [-0.1, -0.05) is 42.3 Å². The lowest BCUT2D eigenvalue weighted by Gasteiger charge is -2.08. The molecule has 168 valence electrons. The molecule has 0 fully saturated rings. The number of carbonyl (C=O) groups excluding carboxylic acids is 2. The SMILES string of the molecule is CCS(=O)(=O)c1ncc(Cl)c(C(=O)Nc2c(C(=O)c3ccc(Cl)cc3)oc3ccccc23)n1. The van der Waals surface area contributed by atoms with Crippen molar-refractivity contribution >= 4 is 61.4 Å². The van der Waals surface area contributed by atoms with E-state index < -0.39 is 26.7 Å². The maximum absolute atomic E-state index is 13.1. The lowest BCUT2D eigenvalue weighted by atomic mass is 10.1. The number of nitrogens with one attached hydrogen (secondary N) is 1. The lowest BCUT2D eigenvalue weighted by Crippen LogP contribution is -2.19. The summed E-state index contributed by atoms with van der Waals surface area (Å²) in [6.45, 7) is 1.43. The van der Waals surface area contributed by atoms with E-state index in [4.69, 9.17) is 27.6 Å². The Morgan fingerprint density at radius 2 is 1.76 bits per heavy atom. The van der Waals surface area contributed by atoms with E-state index in [1.54, 1.807) is 36.4 Å². The number of anilines is 1. The van der Waals surface area contributed by atoms with Gasteiger partial charge in [0.05, 0.1) is 22.7 Å². The second-order valence-corrected chi connectivity index (χ2v) is 9.86. The van der Waals surface area contributed by atoms with E-state index in [1.165, 1.54) is 19.1 Å². The smallest absolute Gasteiger partial charge is 0.276 e. The summed E-state index contributed by atoms with van der Waals surface area (Å²) in [7, 11) is -3.77. The van der Waals surface area contributed by atoms with Crippen LogP contribution in [0, 0.1) is 0 Å². The summed E-state index contributed by atoms with van der Waals surface area (Å²) >= 11 is 12.0. The second kappa shape index (κ2) is 8.93. The van der Waals surface area contributed by atoms with Gasteiger partial charge in [-0.25, -0.2) is 18.4 Å². The van der Waals surface area contributed by atoms with Crippen molar-refractivity contribution < 1.29 is 22.4 Å². The number of aromatic nitrogens is 2. The Kier molecular flexibility index (Phi) is 6.20. The number of amides is 1. The molecule has 0 unspecified atom stereocenters. The minimum absolute atomic E-state index is 0.102. The molecule has 0 saturated carbocycles. The average Bonchev–Trinajstić information content (AvgIpc) is 3.17. The molecule has 0 aliphatic heterocycles. The number of carbonyl (C=O) groups is 2. The highest BCUT2D eigenvalue weighted by molar-refractivity contribution is 7.91. The Morgan fingerprint density at radius 1 is 1.06 bits per heavy atom. The van der Waals surface area contributed by atoms with Crippen LogP contribution < -0.4 is 5.32 Å². The third-order valence-electron chi connectivity index (χ3n) is 4.74. The first-order valence-corrected chi connectivity index (χ1v) is 12.0. The van der Waals surface area contributed by atoms with Gasteiger partial charge in [-0.05, 0) is 36.4 Å². The normalized spacial score (nSPS) is 11.5. The molecule has 2 heterocycles. The summed E-state index contributed by atoms with van der Waals surface area (Å²) in [5.74, 6) is -1.67. The van der Waals surface area contributed by atoms with Crippen LogP contribution in [0.4, 0.5) is 5.69 Å². The van der Waals surface area contributed by atoms with Gasteiger partial charge in [0.1, 0.15) is 5.58 Å². The molecule has 0 spiro atoms. The number of benzene rings is 2. The number of ketones is 1. The van der Waals surface area contributed by atoms with E-state index in [2.05, 4.69) is 15.3 Å². The van der Waals surface area contributed by atoms with Gasteiger partial charge < -0.3 is 9.73 Å². The molecular formula is C22H15Cl2N3O5S. The number of halogens is 2. The van der Waals surface area contributed by atoms with Gasteiger partial charge in [0, 0.05) is 16.0 Å². The minimum atomic E-state index is -3.77. The van der Waals surface area contributed by atoms with E-state index in [0.717, 1.165) is 6.20 Å². The predicted molar refractivity (Wildman–Crippen MR) is 124 cm³/mol. The third kappa shape index (κ3) is 4.47. The minimum Gasteiger partial charge on any atom is -0.450 e. The van der Waals surface area contributed by atoms with Crippen LogP contribution in [0.5, 0.6) is 0 Å². The maximum Gasteiger partial charge on any atom is 0.276 e. The van der Waals surface area contributed by atoms with Crippen molar-refractivity contribution in [3.05, 3.63) is 81.8 Å². The Balaban J connectivity index is 1.79. The zero-order chi connectivity index (χ0) is 23.8. The van der Waals surface area contributed by atoms with E-state index >= 15 is 0 Å². The number of sulfone groups is 1. The largest absolute Gasteiger partial charge is 0.450 e. The predicted octanol–water partition coefficient (Wildman–Crippen LogP) is 4.81. The molecule has 0 radical (unpaired) electrons. The Morgan fingerprint density at radius 3 is 2.45 bits per heavy atom. The summed E-state index contributed by atoms with van der Waals surface area (Å²) < 4.78 is 30.0. The van der Waals surface area contributed by atoms with Crippen molar-refractivity contribution in [2.75, 3.05) is 11.1 Å². The second-order valence-electron chi connectivity index (χ2n) is 6.85. The molecule has 4 rings (SSSR count). The molecule has 2 aromatic carbocycles. The van der Waals surface area contributed by atoms with E-state index in [-0.39, 0.29) is 27.9 Å². The molecule has 0 aliphatic rings. The Bertz CT molecular complexity index is 1500. The van der Waals surface area contributed by atoms with Crippen molar-refractivity contribution in [1.82, 2.24) is 9.97 Å². The number of hydrogen-bond acceptors (Lipinski definition) is 7. The van der Waals surface area contributed by atoms with Crippen LogP contribution in [-0.4, -0.2) is 35.8 Å². The van der Waals surface area contributed by atoms with Crippen molar-refractivity contribution in [2.45, 2.75) is 12.1 Å². The number of fused-ring (bicyclic) bond motifs is 1. The maximum atomic E-state index is 13.1. The molecule has 4 aromatic rings. The van der Waals surface area contributed by atoms with Crippen LogP contribution in [0.2, 0.25) is 10.0 Å². The van der Waals surface area contributed by atoms with Crippen molar-refractivity contribution in [3.63, 3.8) is 0 Å². The van der Waals surface area contributed by atoms with E-state index in [1.807, 2.05) is 0 Å². The summed E-state index contributed by atoms with van der Waals surface area (Å²) in [5, 5.41) is 2.86. The van der Waals surface area contributed by atoms with Crippen LogP contribution in [0.15, 0.2) is 64.3 Å². The molecular weight excluding hydrogens is 489 g/mol. The zero-order valence-electron chi connectivity index (χ0n) is 17.0. The fourth-order valence-electron chi connectivity index (χ4n) is 3.02. The molecule has 1 N–H and O–H groups in total. The van der Waals surface area contributed by atoms with Crippen molar-refractivity contribution in [3.8, 4) is 0 Å². The van der Waals surface area contributed by atoms with Gasteiger partial charge in [0.25, 0.3) is 5.91 Å². The van der Waals surface area contributed by atoms with Gasteiger partial charge in [0.15, 0.2) is 11.5 Å². The van der Waals surface area contributed by atoms with Crippen LogP contribution in [0.25, 0.3) is 11.0 Å². The van der Waals surface area contributed by atoms with Gasteiger partial charge in [0.2, 0.25) is 20.8 Å². The standard InChI is InChI=1S/C22H15Cl2N3O5S/c1-2-33(30,31)22-25-11-15(24)18(27-22)21(29)26-17-14-5-3-4-6-16(14)32-20(17)19(28)12-7-9-13(23)10-8-12/h3-11H,2H2,1H3,(H,26,29). The topological polar surface area (TPSA) is 119 Å². The zero-order valence-corrected chi connectivity index (χ0v) is 19.3. The van der Waals surface area contributed by atoms with Crippen LogP contribution in [0.3, 0.4) is 0 Å². The van der Waals surface area contributed by atoms with Gasteiger partial charge in [-0.2, -0.15) is 0 Å². The van der Waals surface area contributed by atoms with Gasteiger partial charge in [-0.3, -0.25) is 9.59 Å². The average molecular weight is 504 g/mol. The molecule has 0 atom stereocenters. The number of nitrogens with zero attached hydrogens (tertiary/aromatic N) is 2. The third-order valence-corrected chi connectivity index (χ3v) is 6.78. The molecule has 2 aromatic heterocycles. The van der Waals surface area contributed by atoms with Gasteiger partial charge >= 0.3 is 0 Å². The molecule has 33 heavy (non-hydrogen) atoms. The first kappa shape index (κ1) is 22.9. The van der Waals surface area contributed by atoms with Crippen molar-refractivity contribution in [2.24, 2.45) is 0 Å². The number of rotatable bonds is 6. The first-order chi connectivity index (χ1) is 15.7. The summed E-state index contributed by atoms with van der Waals surface area (Å²) in [4.78, 5) is 33.7. The lowest BCUT2D eigenvalue weighted by molar-refractivity contribution is 0.101. The monoisotopic (exact) mass is 503 g/mol. The highest BCUT2D eigenvalue weighted by atomic mass is 35.5. The molecule has 0 saturated heterocycles.